The van der Waals surface area contributed by atoms with Crippen LogP contribution in [0.5, 0.6) is 0 Å². The Morgan fingerprint density at radius 2 is 2.25 bits per heavy atom. The maximum absolute atomic E-state index is 11.7. The van der Waals surface area contributed by atoms with Crippen molar-refractivity contribution in [3.8, 4) is 0 Å². The van der Waals surface area contributed by atoms with Crippen LogP contribution in [0.2, 0.25) is 0 Å². The summed E-state index contributed by atoms with van der Waals surface area (Å²) in [7, 11) is 0. The molecule has 2 rings (SSSR count). The Bertz CT molecular complexity index is 457. The van der Waals surface area contributed by atoms with Gasteiger partial charge < -0.3 is 4.42 Å². The molecule has 0 bridgehead atoms. The van der Waals surface area contributed by atoms with E-state index in [2.05, 4.69) is 11.9 Å². The molecule has 0 saturated heterocycles. The van der Waals surface area contributed by atoms with Crippen molar-refractivity contribution >= 4 is 5.78 Å². The first-order valence-corrected chi connectivity index (χ1v) is 5.30. The molecular formula is C13H13NO2. The average Bonchev–Trinajstić information content (AvgIpc) is 2.83. The number of hydrogen-bond donors (Lipinski definition) is 0. The molecule has 0 unspecified atom stereocenters. The molecule has 0 aromatic carbocycles. The van der Waals surface area contributed by atoms with Crippen LogP contribution in [0.25, 0.3) is 0 Å². The smallest absolute Gasteiger partial charge is 0.203 e. The van der Waals surface area contributed by atoms with Gasteiger partial charge in [-0.1, -0.05) is 13.0 Å². The van der Waals surface area contributed by atoms with Gasteiger partial charge in [0, 0.05) is 11.9 Å². The predicted octanol–water partition coefficient (Wildman–Crippen LogP) is 2.66. The SMILES string of the molecule is CCc1ccc(CC(=O)c2ccco2)nc1. The van der Waals surface area contributed by atoms with Gasteiger partial charge in [0.15, 0.2) is 5.76 Å². The fourth-order valence-electron chi connectivity index (χ4n) is 1.46. The van der Waals surface area contributed by atoms with Gasteiger partial charge in [-0.2, -0.15) is 0 Å². The van der Waals surface area contributed by atoms with Gasteiger partial charge >= 0.3 is 0 Å². The number of carbonyl (C=O) groups excluding carboxylic acids is 1. The van der Waals surface area contributed by atoms with Crippen molar-refractivity contribution in [3.63, 3.8) is 0 Å². The minimum absolute atomic E-state index is 0.0400. The van der Waals surface area contributed by atoms with Crippen molar-refractivity contribution in [2.24, 2.45) is 0 Å². The fraction of sp³-hybridized carbons (Fsp3) is 0.231. The number of hydrogen-bond acceptors (Lipinski definition) is 3. The molecule has 2 aromatic rings. The lowest BCUT2D eigenvalue weighted by molar-refractivity contribution is 0.0965. The van der Waals surface area contributed by atoms with Crippen LogP contribution in [0.3, 0.4) is 0 Å². The summed E-state index contributed by atoms with van der Waals surface area (Å²) in [6.45, 7) is 2.07. The molecule has 16 heavy (non-hydrogen) atoms. The van der Waals surface area contributed by atoms with E-state index in [-0.39, 0.29) is 12.2 Å². The van der Waals surface area contributed by atoms with E-state index in [4.69, 9.17) is 4.42 Å². The van der Waals surface area contributed by atoms with Crippen molar-refractivity contribution in [1.82, 2.24) is 4.98 Å². The Morgan fingerprint density at radius 1 is 1.38 bits per heavy atom. The van der Waals surface area contributed by atoms with Crippen LogP contribution in [0, 0.1) is 0 Å². The van der Waals surface area contributed by atoms with Crippen LogP contribution in [-0.4, -0.2) is 10.8 Å². The second-order valence-corrected chi connectivity index (χ2v) is 3.59. The third kappa shape index (κ3) is 2.37. The number of aromatic nitrogens is 1. The Morgan fingerprint density at radius 3 is 2.81 bits per heavy atom. The second kappa shape index (κ2) is 4.75. The summed E-state index contributed by atoms with van der Waals surface area (Å²) < 4.78 is 5.04. The fourth-order valence-corrected chi connectivity index (χ4v) is 1.46. The molecule has 0 amide bonds. The molecule has 0 saturated carbocycles. The summed E-state index contributed by atoms with van der Waals surface area (Å²) >= 11 is 0. The normalized spacial score (nSPS) is 10.3. The maximum atomic E-state index is 11.7. The van der Waals surface area contributed by atoms with Crippen molar-refractivity contribution in [2.45, 2.75) is 19.8 Å². The molecular weight excluding hydrogens is 202 g/mol. The predicted molar refractivity (Wildman–Crippen MR) is 60.4 cm³/mol. The minimum Gasteiger partial charge on any atom is -0.461 e. The van der Waals surface area contributed by atoms with Crippen LogP contribution in [-0.2, 0) is 12.8 Å². The van der Waals surface area contributed by atoms with E-state index < -0.39 is 0 Å². The first-order valence-electron chi connectivity index (χ1n) is 5.30. The minimum atomic E-state index is -0.0400. The zero-order chi connectivity index (χ0) is 11.4. The van der Waals surface area contributed by atoms with Gasteiger partial charge in [-0.05, 0) is 30.2 Å². The number of carbonyl (C=O) groups is 1. The number of ketones is 1. The number of nitrogens with zero attached hydrogens (tertiary/aromatic N) is 1. The van der Waals surface area contributed by atoms with Crippen molar-refractivity contribution in [3.05, 3.63) is 53.7 Å². The Kier molecular flexibility index (Phi) is 3.15. The zero-order valence-electron chi connectivity index (χ0n) is 9.14. The molecule has 0 atom stereocenters. The summed E-state index contributed by atoms with van der Waals surface area (Å²) in [5.41, 5.74) is 1.95. The van der Waals surface area contributed by atoms with E-state index in [1.54, 1.807) is 12.1 Å². The van der Waals surface area contributed by atoms with Gasteiger partial charge in [0.25, 0.3) is 0 Å². The Hall–Kier alpha value is -1.90. The highest BCUT2D eigenvalue weighted by atomic mass is 16.3. The molecule has 2 heterocycles. The molecule has 0 aliphatic rings. The van der Waals surface area contributed by atoms with Crippen molar-refractivity contribution < 1.29 is 9.21 Å². The van der Waals surface area contributed by atoms with Gasteiger partial charge in [-0.3, -0.25) is 9.78 Å². The summed E-state index contributed by atoms with van der Waals surface area (Å²) in [6.07, 6.45) is 4.56. The van der Waals surface area contributed by atoms with Crippen LogP contribution in [0.15, 0.2) is 41.1 Å². The van der Waals surface area contributed by atoms with Crippen molar-refractivity contribution in [2.75, 3.05) is 0 Å². The zero-order valence-corrected chi connectivity index (χ0v) is 9.14. The molecule has 3 heteroatoms. The molecule has 82 valence electrons. The Balaban J connectivity index is 2.06. The third-order valence-electron chi connectivity index (χ3n) is 2.43. The summed E-state index contributed by atoms with van der Waals surface area (Å²) in [5.74, 6) is 0.350. The molecule has 0 spiro atoms. The molecule has 0 N–H and O–H groups in total. The molecule has 0 fully saturated rings. The van der Waals surface area contributed by atoms with Gasteiger partial charge in [-0.25, -0.2) is 0 Å². The van der Waals surface area contributed by atoms with Crippen molar-refractivity contribution in [1.29, 1.82) is 0 Å². The molecule has 2 aromatic heterocycles. The van der Waals surface area contributed by atoms with E-state index in [1.807, 2.05) is 18.3 Å². The molecule has 0 aliphatic heterocycles. The standard InChI is InChI=1S/C13H13NO2/c1-2-10-5-6-11(14-9-10)8-12(15)13-4-3-7-16-13/h3-7,9H,2,8H2,1H3. The number of pyridine rings is 1. The largest absolute Gasteiger partial charge is 0.461 e. The first kappa shape index (κ1) is 10.6. The van der Waals surface area contributed by atoms with Gasteiger partial charge in [0.2, 0.25) is 5.78 Å². The van der Waals surface area contributed by atoms with E-state index in [0.717, 1.165) is 12.1 Å². The molecule has 0 aliphatic carbocycles. The Labute approximate surface area is 94.1 Å². The highest BCUT2D eigenvalue weighted by molar-refractivity contribution is 5.94. The van der Waals surface area contributed by atoms with Gasteiger partial charge in [0.1, 0.15) is 0 Å². The lowest BCUT2D eigenvalue weighted by Crippen LogP contribution is -2.03. The number of rotatable bonds is 4. The third-order valence-corrected chi connectivity index (χ3v) is 2.43. The molecule has 0 radical (unpaired) electrons. The molecule has 3 nitrogen and oxygen atoms in total. The summed E-state index contributed by atoms with van der Waals surface area (Å²) in [4.78, 5) is 15.9. The van der Waals surface area contributed by atoms with E-state index in [9.17, 15) is 4.79 Å². The van der Waals surface area contributed by atoms with E-state index >= 15 is 0 Å². The van der Waals surface area contributed by atoms with Crippen LogP contribution < -0.4 is 0 Å². The first-order chi connectivity index (χ1) is 7.79. The second-order valence-electron chi connectivity index (χ2n) is 3.59. The highest BCUT2D eigenvalue weighted by Gasteiger charge is 2.10. The number of aryl methyl sites for hydroxylation is 1. The number of Topliss-reactive ketones (excluding diaryl/α,β-unsaturated/α-hetero) is 1. The van der Waals surface area contributed by atoms with Gasteiger partial charge in [0.05, 0.1) is 12.7 Å². The van der Waals surface area contributed by atoms with Crippen LogP contribution >= 0.6 is 0 Å². The average molecular weight is 215 g/mol. The topological polar surface area (TPSA) is 43.1 Å². The monoisotopic (exact) mass is 215 g/mol. The quantitative estimate of drug-likeness (QED) is 0.736. The van der Waals surface area contributed by atoms with Crippen LogP contribution in [0.4, 0.5) is 0 Å². The van der Waals surface area contributed by atoms with E-state index in [0.29, 0.717) is 5.76 Å². The van der Waals surface area contributed by atoms with Crippen LogP contribution in [0.1, 0.15) is 28.7 Å². The van der Waals surface area contributed by atoms with Gasteiger partial charge in [-0.15, -0.1) is 0 Å². The number of furan rings is 1. The van der Waals surface area contributed by atoms with E-state index in [1.165, 1.54) is 11.8 Å². The maximum Gasteiger partial charge on any atom is 0.203 e. The highest BCUT2D eigenvalue weighted by Crippen LogP contribution is 2.07. The summed E-state index contributed by atoms with van der Waals surface area (Å²) in [5, 5.41) is 0. The lowest BCUT2D eigenvalue weighted by Gasteiger charge is -1.99. The summed E-state index contributed by atoms with van der Waals surface area (Å²) in [6, 6.07) is 7.26. The lowest BCUT2D eigenvalue weighted by atomic mass is 10.1.